The molecule has 0 bridgehead atoms. The van der Waals surface area contributed by atoms with Crippen LogP contribution in [0.4, 0.5) is 0 Å². The summed E-state index contributed by atoms with van der Waals surface area (Å²) in [5.74, 6) is -0.109. The predicted molar refractivity (Wildman–Crippen MR) is 96.4 cm³/mol. The monoisotopic (exact) mass is 361 g/mol. The van der Waals surface area contributed by atoms with Gasteiger partial charge in [-0.3, -0.25) is 9.78 Å². The number of sulfonamides is 1. The van der Waals surface area contributed by atoms with Crippen LogP contribution in [0.25, 0.3) is 0 Å². The van der Waals surface area contributed by atoms with Gasteiger partial charge in [0, 0.05) is 39.0 Å². The number of pyridine rings is 1. The van der Waals surface area contributed by atoms with E-state index in [1.807, 2.05) is 26.0 Å². The maximum Gasteiger partial charge on any atom is 0.240 e. The Kier molecular flexibility index (Phi) is 6.27. The zero-order valence-corrected chi connectivity index (χ0v) is 15.5. The van der Waals surface area contributed by atoms with Crippen molar-refractivity contribution in [3.05, 3.63) is 59.4 Å². The molecule has 7 heteroatoms. The maximum absolute atomic E-state index is 12.4. The second kappa shape index (κ2) is 8.22. The fraction of sp³-hybridized carbons (Fsp3) is 0.333. The van der Waals surface area contributed by atoms with Gasteiger partial charge in [0.05, 0.1) is 4.90 Å². The van der Waals surface area contributed by atoms with Crippen molar-refractivity contribution in [1.82, 2.24) is 14.6 Å². The van der Waals surface area contributed by atoms with Crippen LogP contribution >= 0.6 is 0 Å². The van der Waals surface area contributed by atoms with Gasteiger partial charge in [-0.1, -0.05) is 6.07 Å². The first kappa shape index (κ1) is 19.1. The topological polar surface area (TPSA) is 79.4 Å². The highest BCUT2D eigenvalue weighted by Gasteiger charge is 2.16. The van der Waals surface area contributed by atoms with E-state index in [0.717, 1.165) is 16.7 Å². The number of carbonyl (C=O) groups excluding carboxylic acids is 1. The quantitative estimate of drug-likeness (QED) is 0.818. The lowest BCUT2D eigenvalue weighted by Gasteiger charge is -2.21. The molecule has 1 aromatic carbocycles. The molecule has 6 nitrogen and oxygen atoms in total. The lowest BCUT2D eigenvalue weighted by molar-refractivity contribution is -0.129. The first-order valence-corrected chi connectivity index (χ1v) is 9.49. The molecule has 0 unspecified atom stereocenters. The van der Waals surface area contributed by atoms with E-state index in [2.05, 4.69) is 9.71 Å². The van der Waals surface area contributed by atoms with Gasteiger partial charge in [0.15, 0.2) is 0 Å². The van der Waals surface area contributed by atoms with Crippen molar-refractivity contribution in [2.24, 2.45) is 0 Å². The average molecular weight is 361 g/mol. The Morgan fingerprint density at radius 1 is 1.12 bits per heavy atom. The molecule has 0 atom stereocenters. The molecule has 0 aliphatic heterocycles. The average Bonchev–Trinajstić information content (AvgIpc) is 2.57. The van der Waals surface area contributed by atoms with Crippen LogP contribution in [0.5, 0.6) is 0 Å². The van der Waals surface area contributed by atoms with Gasteiger partial charge in [-0.05, 0) is 54.8 Å². The molecule has 1 aromatic heterocycles. The van der Waals surface area contributed by atoms with Crippen molar-refractivity contribution in [3.8, 4) is 0 Å². The number of amides is 1. The number of benzene rings is 1. The first-order chi connectivity index (χ1) is 11.8. The number of hydrogen-bond donors (Lipinski definition) is 1. The van der Waals surface area contributed by atoms with Crippen molar-refractivity contribution in [3.63, 3.8) is 0 Å². The molecule has 0 fully saturated rings. The molecule has 0 saturated carbocycles. The number of aryl methyl sites for hydroxylation is 2. The molecule has 0 aliphatic carbocycles. The highest BCUT2D eigenvalue weighted by molar-refractivity contribution is 7.89. The Morgan fingerprint density at radius 2 is 1.80 bits per heavy atom. The molecule has 0 radical (unpaired) electrons. The van der Waals surface area contributed by atoms with Gasteiger partial charge >= 0.3 is 0 Å². The summed E-state index contributed by atoms with van der Waals surface area (Å²) in [6, 6.07) is 8.68. The van der Waals surface area contributed by atoms with Crippen molar-refractivity contribution in [1.29, 1.82) is 0 Å². The molecule has 1 amide bonds. The Hall–Kier alpha value is -2.25. The Balaban J connectivity index is 1.98. The summed E-state index contributed by atoms with van der Waals surface area (Å²) in [7, 11) is -3.59. The van der Waals surface area contributed by atoms with Crippen LogP contribution in [0.3, 0.4) is 0 Å². The highest BCUT2D eigenvalue weighted by atomic mass is 32.2. The molecule has 0 saturated heterocycles. The molecular formula is C18H23N3O3S. The van der Waals surface area contributed by atoms with E-state index in [1.165, 1.54) is 6.92 Å². The standard InChI is InChI=1S/C18H23N3O3S/c1-14-4-5-18(12-15(14)2)25(23,24)20-10-11-21(16(3)22)13-17-6-8-19-9-7-17/h4-9,12,20H,10-11,13H2,1-3H3. The molecular weight excluding hydrogens is 338 g/mol. The third kappa shape index (κ3) is 5.37. The summed E-state index contributed by atoms with van der Waals surface area (Å²) in [4.78, 5) is 17.6. The summed E-state index contributed by atoms with van der Waals surface area (Å²) in [6.45, 7) is 6.15. The molecule has 1 heterocycles. The number of aromatic nitrogens is 1. The van der Waals surface area contributed by atoms with Gasteiger partial charge in [-0.25, -0.2) is 13.1 Å². The second-order valence-corrected chi connectivity index (χ2v) is 7.71. The smallest absolute Gasteiger partial charge is 0.240 e. The summed E-state index contributed by atoms with van der Waals surface area (Å²) < 4.78 is 27.3. The number of nitrogens with one attached hydrogen (secondary N) is 1. The molecule has 0 aliphatic rings. The fourth-order valence-electron chi connectivity index (χ4n) is 2.34. The Morgan fingerprint density at radius 3 is 2.40 bits per heavy atom. The zero-order valence-electron chi connectivity index (χ0n) is 14.7. The Labute approximate surface area is 148 Å². The first-order valence-electron chi connectivity index (χ1n) is 8.01. The lowest BCUT2D eigenvalue weighted by atomic mass is 10.1. The van der Waals surface area contributed by atoms with Crippen LogP contribution in [0, 0.1) is 13.8 Å². The van der Waals surface area contributed by atoms with Crippen molar-refractivity contribution in [2.45, 2.75) is 32.2 Å². The molecule has 1 N–H and O–H groups in total. The minimum absolute atomic E-state index is 0.109. The van der Waals surface area contributed by atoms with Crippen LogP contribution in [0.2, 0.25) is 0 Å². The number of hydrogen-bond acceptors (Lipinski definition) is 4. The predicted octanol–water partition coefficient (Wildman–Crippen LogP) is 2.03. The van der Waals surface area contributed by atoms with E-state index < -0.39 is 10.0 Å². The van der Waals surface area contributed by atoms with Gasteiger partial charge in [0.1, 0.15) is 0 Å². The number of rotatable bonds is 7. The maximum atomic E-state index is 12.4. The van der Waals surface area contributed by atoms with Crippen LogP contribution in [-0.2, 0) is 21.4 Å². The summed E-state index contributed by atoms with van der Waals surface area (Å²) >= 11 is 0. The van der Waals surface area contributed by atoms with E-state index in [4.69, 9.17) is 0 Å². The van der Waals surface area contributed by atoms with Gasteiger partial charge in [-0.2, -0.15) is 0 Å². The summed E-state index contributed by atoms with van der Waals surface area (Å²) in [6.07, 6.45) is 3.33. The molecule has 0 spiro atoms. The third-order valence-electron chi connectivity index (χ3n) is 4.03. The number of nitrogens with zero attached hydrogens (tertiary/aromatic N) is 2. The van der Waals surface area contributed by atoms with E-state index in [9.17, 15) is 13.2 Å². The van der Waals surface area contributed by atoms with Crippen molar-refractivity contribution in [2.75, 3.05) is 13.1 Å². The van der Waals surface area contributed by atoms with Crippen molar-refractivity contribution >= 4 is 15.9 Å². The van der Waals surface area contributed by atoms with Crippen molar-refractivity contribution < 1.29 is 13.2 Å². The Bertz CT molecular complexity index is 836. The fourth-order valence-corrected chi connectivity index (χ4v) is 3.44. The highest BCUT2D eigenvalue weighted by Crippen LogP contribution is 2.14. The van der Waals surface area contributed by atoms with E-state index in [1.54, 1.807) is 35.5 Å². The third-order valence-corrected chi connectivity index (χ3v) is 5.49. The summed E-state index contributed by atoms with van der Waals surface area (Å²) in [5, 5.41) is 0. The summed E-state index contributed by atoms with van der Waals surface area (Å²) in [5.41, 5.74) is 2.91. The molecule has 2 aromatic rings. The molecule has 2 rings (SSSR count). The van der Waals surface area contributed by atoms with Gasteiger partial charge < -0.3 is 4.90 Å². The SMILES string of the molecule is CC(=O)N(CCNS(=O)(=O)c1ccc(C)c(C)c1)Cc1ccncc1. The zero-order chi connectivity index (χ0) is 18.4. The van der Waals surface area contributed by atoms with Gasteiger partial charge in [0.25, 0.3) is 0 Å². The number of carbonyl (C=O) groups is 1. The lowest BCUT2D eigenvalue weighted by Crippen LogP contribution is -2.37. The second-order valence-electron chi connectivity index (χ2n) is 5.94. The van der Waals surface area contributed by atoms with Gasteiger partial charge in [0.2, 0.25) is 15.9 Å². The normalized spacial score (nSPS) is 11.3. The van der Waals surface area contributed by atoms with Crippen LogP contribution < -0.4 is 4.72 Å². The van der Waals surface area contributed by atoms with E-state index in [0.29, 0.717) is 13.1 Å². The molecule has 134 valence electrons. The molecule has 25 heavy (non-hydrogen) atoms. The van der Waals surface area contributed by atoms with Crippen LogP contribution in [0.15, 0.2) is 47.6 Å². The van der Waals surface area contributed by atoms with Crippen LogP contribution in [0.1, 0.15) is 23.6 Å². The van der Waals surface area contributed by atoms with E-state index >= 15 is 0 Å². The van der Waals surface area contributed by atoms with Gasteiger partial charge in [-0.15, -0.1) is 0 Å². The van der Waals surface area contributed by atoms with E-state index in [-0.39, 0.29) is 17.3 Å². The largest absolute Gasteiger partial charge is 0.337 e. The van der Waals surface area contributed by atoms with Crippen LogP contribution in [-0.4, -0.2) is 37.3 Å². The minimum atomic E-state index is -3.59. The minimum Gasteiger partial charge on any atom is -0.337 e.